The second kappa shape index (κ2) is 16.1. The molecule has 2 saturated carbocycles. The van der Waals surface area contributed by atoms with Gasteiger partial charge < -0.3 is 24.9 Å². The molecule has 3 N–H and O–H groups in total. The van der Waals surface area contributed by atoms with Crippen LogP contribution in [0.1, 0.15) is 107 Å². The number of nitrogens with one attached hydrogen (secondary N) is 2. The van der Waals surface area contributed by atoms with Gasteiger partial charge in [0.2, 0.25) is 0 Å². The van der Waals surface area contributed by atoms with Gasteiger partial charge in [0.05, 0.1) is 28.0 Å². The third kappa shape index (κ3) is 7.63. The summed E-state index contributed by atoms with van der Waals surface area (Å²) in [4.78, 5) is 53.4. The molecule has 0 bridgehead atoms. The summed E-state index contributed by atoms with van der Waals surface area (Å²) in [6.07, 6.45) is 11.3. The highest BCUT2D eigenvalue weighted by molar-refractivity contribution is 6.36. The van der Waals surface area contributed by atoms with Crippen LogP contribution in [0.15, 0.2) is 36.4 Å². The predicted octanol–water partition coefficient (Wildman–Crippen LogP) is 7.23. The van der Waals surface area contributed by atoms with E-state index >= 15 is 0 Å². The number of rotatable bonds is 10. The molecule has 0 spiro atoms. The van der Waals surface area contributed by atoms with Gasteiger partial charge in [-0.2, -0.15) is 0 Å². The lowest BCUT2D eigenvalue weighted by atomic mass is 9.80. The van der Waals surface area contributed by atoms with Crippen molar-refractivity contribution in [1.82, 2.24) is 28.9 Å². The zero-order valence-electron chi connectivity index (χ0n) is 32.7. The van der Waals surface area contributed by atoms with Gasteiger partial charge in [0, 0.05) is 81.8 Å². The highest BCUT2D eigenvalue weighted by Crippen LogP contribution is 2.38. The van der Waals surface area contributed by atoms with E-state index in [1.165, 1.54) is 25.7 Å². The van der Waals surface area contributed by atoms with E-state index in [1.54, 1.807) is 6.07 Å². The standard InChI is InChI=1S/C43H53ClN8O4/c1-26-30(10-6-12-32(26)47-41(53)39-46-35-25-52(29-8-4-5-9-29)23-20-37(35)50(39)3)31-11-7-13-33(38(31)44)48-42(54)40-45-34-24-51(22-19-36(34)49(40)2)21-18-27-14-16-28(17-15-27)43(55)56/h6-7,10-13,27-29H,4-5,8-9,14-25H2,1-3H3,(H,47,53)(H,48,54)(H,55,56). The molecule has 2 aliphatic carbocycles. The van der Waals surface area contributed by atoms with Crippen LogP contribution in [-0.2, 0) is 44.8 Å². The molecule has 56 heavy (non-hydrogen) atoms. The lowest BCUT2D eigenvalue weighted by Crippen LogP contribution is -2.38. The average molecular weight is 781 g/mol. The summed E-state index contributed by atoms with van der Waals surface area (Å²) in [6.45, 7) is 6.28. The van der Waals surface area contributed by atoms with E-state index in [9.17, 15) is 19.5 Å². The quantitative estimate of drug-likeness (QED) is 0.153. The first-order valence-corrected chi connectivity index (χ1v) is 20.7. The zero-order valence-corrected chi connectivity index (χ0v) is 33.5. The van der Waals surface area contributed by atoms with Crippen LogP contribution in [0.2, 0.25) is 5.02 Å². The monoisotopic (exact) mass is 780 g/mol. The first-order valence-electron chi connectivity index (χ1n) is 20.3. The number of carboxylic acid groups (broad SMARTS) is 1. The zero-order chi connectivity index (χ0) is 39.1. The van der Waals surface area contributed by atoms with Gasteiger partial charge in [0.1, 0.15) is 0 Å². The number of fused-ring (bicyclic) bond motifs is 2. The Morgan fingerprint density at radius 3 is 2.04 bits per heavy atom. The molecule has 2 fully saturated rings. The Balaban J connectivity index is 0.924. The van der Waals surface area contributed by atoms with Crippen molar-refractivity contribution in [1.29, 1.82) is 0 Å². The molecule has 296 valence electrons. The van der Waals surface area contributed by atoms with Crippen molar-refractivity contribution in [3.8, 4) is 11.1 Å². The lowest BCUT2D eigenvalue weighted by molar-refractivity contribution is -0.143. The molecule has 2 aromatic carbocycles. The van der Waals surface area contributed by atoms with Gasteiger partial charge >= 0.3 is 5.97 Å². The lowest BCUT2D eigenvalue weighted by Gasteiger charge is -2.31. The van der Waals surface area contributed by atoms with E-state index in [1.807, 2.05) is 60.5 Å². The number of nitrogens with zero attached hydrogens (tertiary/aromatic N) is 6. The second-order valence-electron chi connectivity index (χ2n) is 16.4. The Kier molecular flexibility index (Phi) is 11.1. The topological polar surface area (TPSA) is 138 Å². The SMILES string of the molecule is Cc1c(NC(=O)c2nc3c(n2C)CCN(C2CCCC2)C3)cccc1-c1cccc(NC(=O)c2nc3c(n2C)CCN(CCC2CCC(C(=O)O)CC2)C3)c1Cl. The third-order valence-electron chi connectivity index (χ3n) is 13.0. The maximum absolute atomic E-state index is 13.7. The molecule has 0 radical (unpaired) electrons. The molecule has 8 rings (SSSR count). The van der Waals surface area contributed by atoms with E-state index < -0.39 is 5.97 Å². The number of halogens is 1. The minimum absolute atomic E-state index is 0.190. The number of imidazole rings is 2. The Hall–Kier alpha value is -4.52. The smallest absolute Gasteiger partial charge is 0.306 e. The van der Waals surface area contributed by atoms with Crippen LogP contribution in [0.3, 0.4) is 0 Å². The van der Waals surface area contributed by atoms with Crippen molar-refractivity contribution in [2.24, 2.45) is 25.9 Å². The van der Waals surface area contributed by atoms with Crippen LogP contribution >= 0.6 is 11.6 Å². The minimum Gasteiger partial charge on any atom is -0.481 e. The number of aliphatic carboxylic acids is 1. The number of amides is 2. The number of carbonyl (C=O) groups excluding carboxylic acids is 2. The third-order valence-corrected chi connectivity index (χ3v) is 13.4. The van der Waals surface area contributed by atoms with Gasteiger partial charge in [-0.25, -0.2) is 9.97 Å². The van der Waals surface area contributed by atoms with Crippen LogP contribution in [0.4, 0.5) is 11.4 Å². The summed E-state index contributed by atoms with van der Waals surface area (Å²) < 4.78 is 3.85. The van der Waals surface area contributed by atoms with Gasteiger partial charge in [0.25, 0.3) is 11.8 Å². The van der Waals surface area contributed by atoms with E-state index in [0.717, 1.165) is 111 Å². The Labute approximate surface area is 333 Å². The summed E-state index contributed by atoms with van der Waals surface area (Å²) >= 11 is 7.04. The van der Waals surface area contributed by atoms with Gasteiger partial charge in [-0.3, -0.25) is 24.2 Å². The molecule has 2 aromatic heterocycles. The Bertz CT molecular complexity index is 2140. The molecule has 2 amide bonds. The molecule has 12 nitrogen and oxygen atoms in total. The van der Waals surface area contributed by atoms with Gasteiger partial charge in [-0.05, 0) is 87.6 Å². The molecule has 4 aromatic rings. The van der Waals surface area contributed by atoms with Crippen LogP contribution in [0.5, 0.6) is 0 Å². The summed E-state index contributed by atoms with van der Waals surface area (Å²) in [6, 6.07) is 11.9. The summed E-state index contributed by atoms with van der Waals surface area (Å²) in [5.74, 6) is -0.113. The van der Waals surface area contributed by atoms with Gasteiger partial charge in [-0.1, -0.05) is 48.7 Å². The maximum atomic E-state index is 13.7. The van der Waals surface area contributed by atoms with Crippen molar-refractivity contribution in [3.63, 3.8) is 0 Å². The van der Waals surface area contributed by atoms with Crippen molar-refractivity contribution in [3.05, 3.63) is 81.4 Å². The number of hydrogen-bond donors (Lipinski definition) is 3. The van der Waals surface area contributed by atoms with Crippen LogP contribution in [0.25, 0.3) is 11.1 Å². The van der Waals surface area contributed by atoms with Crippen LogP contribution in [-0.4, -0.2) is 77.5 Å². The molecule has 0 atom stereocenters. The van der Waals surface area contributed by atoms with Crippen molar-refractivity contribution in [2.75, 3.05) is 30.3 Å². The predicted molar refractivity (Wildman–Crippen MR) is 217 cm³/mol. The molecule has 4 aliphatic rings. The minimum atomic E-state index is -0.663. The fraction of sp³-hybridized carbons (Fsp3) is 0.512. The molecular weight excluding hydrogens is 728 g/mol. The maximum Gasteiger partial charge on any atom is 0.306 e. The molecule has 2 aliphatic heterocycles. The largest absolute Gasteiger partial charge is 0.481 e. The number of carboxylic acids is 1. The first-order chi connectivity index (χ1) is 27.0. The Morgan fingerprint density at radius 2 is 1.38 bits per heavy atom. The number of aromatic nitrogens is 4. The van der Waals surface area contributed by atoms with Gasteiger partial charge in [0.15, 0.2) is 11.6 Å². The normalized spacial score (nSPS) is 20.4. The number of anilines is 2. The van der Waals surface area contributed by atoms with Crippen molar-refractivity contribution >= 4 is 40.8 Å². The van der Waals surface area contributed by atoms with Crippen LogP contribution in [0, 0.1) is 18.8 Å². The van der Waals surface area contributed by atoms with E-state index in [0.29, 0.717) is 46.6 Å². The summed E-state index contributed by atoms with van der Waals surface area (Å²) in [5, 5.41) is 15.9. The van der Waals surface area contributed by atoms with E-state index in [4.69, 9.17) is 21.6 Å². The fourth-order valence-corrected chi connectivity index (χ4v) is 9.90. The van der Waals surface area contributed by atoms with E-state index in [-0.39, 0.29) is 17.7 Å². The molecule has 13 heteroatoms. The van der Waals surface area contributed by atoms with Crippen molar-refractivity contribution in [2.45, 2.75) is 96.7 Å². The Morgan fingerprint density at radius 1 is 0.786 bits per heavy atom. The molecule has 4 heterocycles. The highest BCUT2D eigenvalue weighted by Gasteiger charge is 2.32. The number of hydrogen-bond acceptors (Lipinski definition) is 7. The highest BCUT2D eigenvalue weighted by atomic mass is 35.5. The summed E-state index contributed by atoms with van der Waals surface area (Å²) in [7, 11) is 3.83. The van der Waals surface area contributed by atoms with E-state index in [2.05, 4.69) is 20.4 Å². The number of carbonyl (C=O) groups is 3. The van der Waals surface area contributed by atoms with Crippen molar-refractivity contribution < 1.29 is 19.5 Å². The van der Waals surface area contributed by atoms with Crippen LogP contribution < -0.4 is 10.6 Å². The molecule has 0 saturated heterocycles. The molecular formula is C43H53ClN8O4. The molecule has 0 unspecified atom stereocenters. The average Bonchev–Trinajstić information content (AvgIpc) is 3.94. The summed E-state index contributed by atoms with van der Waals surface area (Å²) in [5.41, 5.74) is 7.72. The first kappa shape index (κ1) is 38.4. The fourth-order valence-electron chi connectivity index (χ4n) is 9.63. The number of benzene rings is 2. The second-order valence-corrected chi connectivity index (χ2v) is 16.7. The van der Waals surface area contributed by atoms with Gasteiger partial charge in [-0.15, -0.1) is 0 Å².